The zero-order valence-corrected chi connectivity index (χ0v) is 11.6. The fourth-order valence-corrected chi connectivity index (χ4v) is 1.69. The Hall–Kier alpha value is -2.50. The molecular formula is C14H17N5O. The number of nitrogens with one attached hydrogen (secondary N) is 2. The molecule has 0 saturated carbocycles. The summed E-state index contributed by atoms with van der Waals surface area (Å²) >= 11 is 0. The average Bonchev–Trinajstić information content (AvgIpc) is 2.47. The van der Waals surface area contributed by atoms with Gasteiger partial charge in [0.15, 0.2) is 0 Å². The van der Waals surface area contributed by atoms with E-state index in [4.69, 9.17) is 0 Å². The van der Waals surface area contributed by atoms with Crippen molar-refractivity contribution in [3.63, 3.8) is 0 Å². The first-order chi connectivity index (χ1) is 9.70. The maximum atomic E-state index is 12.0. The number of pyridine rings is 1. The van der Waals surface area contributed by atoms with Crippen LogP contribution in [0.5, 0.6) is 0 Å². The molecule has 0 aliphatic heterocycles. The average molecular weight is 271 g/mol. The SMILES string of the molecule is CCNc1cncc(C(=O)NCc2cnccc2C)n1. The molecule has 6 nitrogen and oxygen atoms in total. The first-order valence-electron chi connectivity index (χ1n) is 6.44. The summed E-state index contributed by atoms with van der Waals surface area (Å²) in [6, 6.07) is 1.91. The number of amides is 1. The molecule has 0 atom stereocenters. The molecule has 0 bridgehead atoms. The molecule has 0 aromatic carbocycles. The van der Waals surface area contributed by atoms with Crippen LogP contribution in [0.1, 0.15) is 28.5 Å². The first kappa shape index (κ1) is 13.9. The van der Waals surface area contributed by atoms with Crippen molar-refractivity contribution >= 4 is 11.7 Å². The van der Waals surface area contributed by atoms with E-state index in [9.17, 15) is 4.79 Å². The number of hydrogen-bond donors (Lipinski definition) is 2. The molecule has 0 saturated heterocycles. The minimum absolute atomic E-state index is 0.250. The summed E-state index contributed by atoms with van der Waals surface area (Å²) < 4.78 is 0. The summed E-state index contributed by atoms with van der Waals surface area (Å²) in [6.45, 7) is 5.09. The van der Waals surface area contributed by atoms with Crippen LogP contribution in [0, 0.1) is 6.92 Å². The molecule has 0 unspecified atom stereocenters. The second kappa shape index (κ2) is 6.60. The van der Waals surface area contributed by atoms with E-state index >= 15 is 0 Å². The zero-order chi connectivity index (χ0) is 14.4. The third kappa shape index (κ3) is 3.50. The van der Waals surface area contributed by atoms with Crippen molar-refractivity contribution in [2.45, 2.75) is 20.4 Å². The minimum Gasteiger partial charge on any atom is -0.369 e. The normalized spacial score (nSPS) is 10.1. The maximum Gasteiger partial charge on any atom is 0.271 e. The van der Waals surface area contributed by atoms with Gasteiger partial charge in [-0.05, 0) is 31.0 Å². The second-order valence-corrected chi connectivity index (χ2v) is 4.30. The molecular weight excluding hydrogens is 254 g/mol. The van der Waals surface area contributed by atoms with Gasteiger partial charge in [0.2, 0.25) is 0 Å². The van der Waals surface area contributed by atoms with E-state index in [-0.39, 0.29) is 5.91 Å². The van der Waals surface area contributed by atoms with Gasteiger partial charge >= 0.3 is 0 Å². The topological polar surface area (TPSA) is 79.8 Å². The van der Waals surface area contributed by atoms with Crippen LogP contribution in [-0.4, -0.2) is 27.4 Å². The molecule has 0 aliphatic carbocycles. The molecule has 104 valence electrons. The Bertz CT molecular complexity index is 600. The zero-order valence-electron chi connectivity index (χ0n) is 11.6. The monoisotopic (exact) mass is 271 g/mol. The van der Waals surface area contributed by atoms with Crippen LogP contribution in [0.2, 0.25) is 0 Å². The quantitative estimate of drug-likeness (QED) is 0.862. The van der Waals surface area contributed by atoms with Crippen LogP contribution in [-0.2, 0) is 6.54 Å². The number of anilines is 1. The van der Waals surface area contributed by atoms with Crippen LogP contribution in [0.15, 0.2) is 30.9 Å². The van der Waals surface area contributed by atoms with E-state index in [1.54, 1.807) is 18.6 Å². The Morgan fingerprint density at radius 2 is 2.10 bits per heavy atom. The van der Waals surface area contributed by atoms with E-state index < -0.39 is 0 Å². The summed E-state index contributed by atoms with van der Waals surface area (Å²) in [4.78, 5) is 24.3. The van der Waals surface area contributed by atoms with Crippen molar-refractivity contribution < 1.29 is 4.79 Å². The summed E-state index contributed by atoms with van der Waals surface area (Å²) in [7, 11) is 0. The number of aromatic nitrogens is 3. The molecule has 0 radical (unpaired) electrons. The fourth-order valence-electron chi connectivity index (χ4n) is 1.69. The van der Waals surface area contributed by atoms with E-state index in [0.717, 1.165) is 17.7 Å². The molecule has 2 aromatic rings. The van der Waals surface area contributed by atoms with Crippen molar-refractivity contribution in [1.29, 1.82) is 0 Å². The number of carbonyl (C=O) groups is 1. The maximum absolute atomic E-state index is 12.0. The number of hydrogen-bond acceptors (Lipinski definition) is 5. The van der Waals surface area contributed by atoms with Crippen LogP contribution in [0.4, 0.5) is 5.82 Å². The van der Waals surface area contributed by atoms with Crippen molar-refractivity contribution in [1.82, 2.24) is 20.3 Å². The highest BCUT2D eigenvalue weighted by atomic mass is 16.1. The molecule has 2 rings (SSSR count). The van der Waals surface area contributed by atoms with E-state index in [2.05, 4.69) is 25.6 Å². The van der Waals surface area contributed by atoms with Crippen LogP contribution >= 0.6 is 0 Å². The summed E-state index contributed by atoms with van der Waals surface area (Å²) in [5.41, 5.74) is 2.37. The van der Waals surface area contributed by atoms with Gasteiger partial charge in [-0.3, -0.25) is 14.8 Å². The lowest BCUT2D eigenvalue weighted by atomic mass is 10.1. The summed E-state index contributed by atoms with van der Waals surface area (Å²) in [5, 5.41) is 5.84. The molecule has 0 fully saturated rings. The molecule has 2 N–H and O–H groups in total. The highest BCUT2D eigenvalue weighted by Gasteiger charge is 2.09. The van der Waals surface area contributed by atoms with Crippen LogP contribution in [0.25, 0.3) is 0 Å². The van der Waals surface area contributed by atoms with Crippen molar-refractivity contribution in [3.8, 4) is 0 Å². The van der Waals surface area contributed by atoms with Gasteiger partial charge in [-0.15, -0.1) is 0 Å². The molecule has 2 aromatic heterocycles. The lowest BCUT2D eigenvalue weighted by molar-refractivity contribution is 0.0945. The number of aryl methyl sites for hydroxylation is 1. The summed E-state index contributed by atoms with van der Waals surface area (Å²) in [5.74, 6) is 0.346. The van der Waals surface area contributed by atoms with Gasteiger partial charge in [0, 0.05) is 25.5 Å². The largest absolute Gasteiger partial charge is 0.369 e. The standard InChI is InChI=1S/C14H17N5O/c1-3-17-13-9-16-8-12(19-13)14(20)18-7-11-6-15-5-4-10(11)2/h4-6,8-9H,3,7H2,1-2H3,(H,17,19)(H,18,20). The van der Waals surface area contributed by atoms with Gasteiger partial charge in [0.1, 0.15) is 11.5 Å². The smallest absolute Gasteiger partial charge is 0.271 e. The van der Waals surface area contributed by atoms with Crippen LogP contribution < -0.4 is 10.6 Å². The Labute approximate surface area is 117 Å². The van der Waals surface area contributed by atoms with Gasteiger partial charge in [0.25, 0.3) is 5.91 Å². The molecule has 6 heteroatoms. The minimum atomic E-state index is -0.250. The molecule has 1 amide bonds. The first-order valence-corrected chi connectivity index (χ1v) is 6.44. The molecule has 2 heterocycles. The Morgan fingerprint density at radius 3 is 2.85 bits per heavy atom. The third-order valence-electron chi connectivity index (χ3n) is 2.81. The van der Waals surface area contributed by atoms with Crippen molar-refractivity contribution in [2.24, 2.45) is 0 Å². The molecule has 0 aliphatic rings. The van der Waals surface area contributed by atoms with E-state index in [1.165, 1.54) is 6.20 Å². The number of rotatable bonds is 5. The van der Waals surface area contributed by atoms with Gasteiger partial charge in [-0.25, -0.2) is 4.98 Å². The number of carbonyl (C=O) groups excluding carboxylic acids is 1. The fraction of sp³-hybridized carbons (Fsp3) is 0.286. The van der Waals surface area contributed by atoms with Crippen molar-refractivity contribution in [3.05, 3.63) is 47.7 Å². The highest BCUT2D eigenvalue weighted by Crippen LogP contribution is 2.05. The molecule has 20 heavy (non-hydrogen) atoms. The predicted molar refractivity (Wildman–Crippen MR) is 76.3 cm³/mol. The lowest BCUT2D eigenvalue weighted by Crippen LogP contribution is -2.24. The van der Waals surface area contributed by atoms with E-state index in [1.807, 2.05) is 19.9 Å². The number of nitrogens with zero attached hydrogens (tertiary/aromatic N) is 3. The van der Waals surface area contributed by atoms with Crippen LogP contribution in [0.3, 0.4) is 0 Å². The van der Waals surface area contributed by atoms with Gasteiger partial charge in [0.05, 0.1) is 12.4 Å². The summed E-state index contributed by atoms with van der Waals surface area (Å²) in [6.07, 6.45) is 6.51. The Balaban J connectivity index is 2.01. The van der Waals surface area contributed by atoms with Gasteiger partial charge in [-0.2, -0.15) is 0 Å². The Morgan fingerprint density at radius 1 is 1.25 bits per heavy atom. The van der Waals surface area contributed by atoms with Gasteiger partial charge < -0.3 is 10.6 Å². The highest BCUT2D eigenvalue weighted by molar-refractivity contribution is 5.92. The predicted octanol–water partition coefficient (Wildman–Crippen LogP) is 1.54. The van der Waals surface area contributed by atoms with Crippen molar-refractivity contribution in [2.75, 3.05) is 11.9 Å². The molecule has 0 spiro atoms. The third-order valence-corrected chi connectivity index (χ3v) is 2.81. The second-order valence-electron chi connectivity index (χ2n) is 4.30. The van der Waals surface area contributed by atoms with E-state index in [0.29, 0.717) is 18.1 Å². The Kier molecular flexibility index (Phi) is 4.60. The lowest BCUT2D eigenvalue weighted by Gasteiger charge is -2.08. The van der Waals surface area contributed by atoms with Gasteiger partial charge in [-0.1, -0.05) is 0 Å².